The second kappa shape index (κ2) is 7.43. The minimum Gasteiger partial charge on any atom is -0.333 e. The molecule has 0 spiro atoms. The third-order valence-corrected chi connectivity index (χ3v) is 7.05. The first kappa shape index (κ1) is 20.1. The molecule has 0 unspecified atom stereocenters. The molecule has 0 aliphatic carbocycles. The van der Waals surface area contributed by atoms with Gasteiger partial charge in [0.25, 0.3) is 0 Å². The Kier molecular flexibility index (Phi) is 5.54. The van der Waals surface area contributed by atoms with Gasteiger partial charge in [-0.25, -0.2) is 13.2 Å². The fourth-order valence-electron chi connectivity index (χ4n) is 3.98. The van der Waals surface area contributed by atoms with Crippen LogP contribution in [0.4, 0.5) is 4.79 Å². The van der Waals surface area contributed by atoms with Gasteiger partial charge in [-0.15, -0.1) is 0 Å². The summed E-state index contributed by atoms with van der Waals surface area (Å²) in [5.41, 5.74) is 2.13. The maximum absolute atomic E-state index is 12.7. The Bertz CT molecular complexity index is 784. The van der Waals surface area contributed by atoms with Crippen LogP contribution in [-0.2, 0) is 22.8 Å². The Labute approximate surface area is 162 Å². The largest absolute Gasteiger partial charge is 0.333 e. The number of aryl methyl sites for hydroxylation is 1. The summed E-state index contributed by atoms with van der Waals surface area (Å²) in [5.74, 6) is 0.185. The van der Waals surface area contributed by atoms with Crippen LogP contribution >= 0.6 is 0 Å². The maximum Gasteiger partial charge on any atom is 0.318 e. The number of nitrogens with zero attached hydrogens (tertiary/aromatic N) is 2. The normalized spacial score (nSPS) is 25.3. The van der Waals surface area contributed by atoms with E-state index < -0.39 is 9.84 Å². The number of nitrogens with one attached hydrogen (secondary N) is 1. The van der Waals surface area contributed by atoms with Crippen molar-refractivity contribution < 1.29 is 13.2 Å². The first-order chi connectivity index (χ1) is 12.6. The van der Waals surface area contributed by atoms with Gasteiger partial charge in [0.2, 0.25) is 0 Å². The van der Waals surface area contributed by atoms with E-state index in [-0.39, 0.29) is 35.2 Å². The quantitative estimate of drug-likeness (QED) is 0.853. The summed E-state index contributed by atoms with van der Waals surface area (Å²) in [6.07, 6.45) is 1.00. The molecule has 0 saturated carbocycles. The summed E-state index contributed by atoms with van der Waals surface area (Å²) in [5, 5.41) is 2.98. The zero-order valence-electron chi connectivity index (χ0n) is 16.7. The van der Waals surface area contributed by atoms with Crippen LogP contribution in [0.3, 0.4) is 0 Å². The summed E-state index contributed by atoms with van der Waals surface area (Å²) in [6, 6.07) is 7.92. The first-order valence-electron chi connectivity index (χ1n) is 9.69. The Morgan fingerprint density at radius 2 is 1.67 bits per heavy atom. The lowest BCUT2D eigenvalue weighted by Gasteiger charge is -2.44. The standard InChI is InChI=1S/C20H31N3O3S/c1-5-15-6-8-16(9-7-15)12-22-10-11-23(19(24)21-20(2,3)4)18-14-27(25,26)13-17(18)22/h6-9,17-18H,5,10-14H2,1-4H3,(H,21,24)/t17-,18+/m0/s1. The van der Waals surface area contributed by atoms with Crippen molar-refractivity contribution in [3.63, 3.8) is 0 Å². The second-order valence-electron chi connectivity index (χ2n) is 8.73. The maximum atomic E-state index is 12.7. The molecule has 1 N–H and O–H groups in total. The highest BCUT2D eigenvalue weighted by Gasteiger charge is 2.48. The third kappa shape index (κ3) is 4.82. The minimum absolute atomic E-state index is 0.0561. The van der Waals surface area contributed by atoms with E-state index in [9.17, 15) is 13.2 Å². The van der Waals surface area contributed by atoms with Gasteiger partial charge in [0.1, 0.15) is 0 Å². The van der Waals surface area contributed by atoms with Crippen LogP contribution in [0.5, 0.6) is 0 Å². The molecule has 150 valence electrons. The summed E-state index contributed by atoms with van der Waals surface area (Å²) in [6.45, 7) is 9.88. The van der Waals surface area contributed by atoms with Crippen LogP contribution in [0.2, 0.25) is 0 Å². The van der Waals surface area contributed by atoms with Crippen LogP contribution in [0.15, 0.2) is 24.3 Å². The van der Waals surface area contributed by atoms with E-state index in [0.717, 1.165) is 13.0 Å². The van der Waals surface area contributed by atoms with Crippen molar-refractivity contribution in [2.75, 3.05) is 24.6 Å². The van der Waals surface area contributed by atoms with E-state index in [1.807, 2.05) is 20.8 Å². The number of carbonyl (C=O) groups is 1. The molecule has 2 aliphatic rings. The zero-order valence-corrected chi connectivity index (χ0v) is 17.6. The molecule has 1 aromatic rings. The number of piperazine rings is 1. The Morgan fingerprint density at radius 3 is 2.26 bits per heavy atom. The molecule has 1 aromatic carbocycles. The van der Waals surface area contributed by atoms with Gasteiger partial charge in [0.15, 0.2) is 9.84 Å². The number of rotatable bonds is 3. The molecular formula is C20H31N3O3S. The van der Waals surface area contributed by atoms with Crippen LogP contribution in [0.25, 0.3) is 0 Å². The lowest BCUT2D eigenvalue weighted by Crippen LogP contribution is -2.63. The molecule has 2 atom stereocenters. The van der Waals surface area contributed by atoms with Crippen molar-refractivity contribution in [2.45, 2.75) is 58.3 Å². The Morgan fingerprint density at radius 1 is 1.07 bits per heavy atom. The molecule has 2 fully saturated rings. The van der Waals surface area contributed by atoms with Crippen molar-refractivity contribution in [1.82, 2.24) is 15.1 Å². The average molecular weight is 394 g/mol. The SMILES string of the molecule is CCc1ccc(CN2CCN(C(=O)NC(C)(C)C)[C@@H]3CS(=O)(=O)C[C@@H]32)cc1. The number of fused-ring (bicyclic) bond motifs is 1. The van der Waals surface area contributed by atoms with Gasteiger partial charge in [-0.3, -0.25) is 4.90 Å². The second-order valence-corrected chi connectivity index (χ2v) is 10.9. The molecule has 2 saturated heterocycles. The van der Waals surface area contributed by atoms with Crippen LogP contribution < -0.4 is 5.32 Å². The molecule has 3 rings (SSSR count). The van der Waals surface area contributed by atoms with E-state index in [1.54, 1.807) is 4.90 Å². The van der Waals surface area contributed by atoms with Gasteiger partial charge in [-0.1, -0.05) is 31.2 Å². The fourth-order valence-corrected chi connectivity index (χ4v) is 5.99. The molecule has 2 amide bonds. The lowest BCUT2D eigenvalue weighted by atomic mass is 10.0. The van der Waals surface area contributed by atoms with Crippen molar-refractivity contribution in [3.8, 4) is 0 Å². The predicted molar refractivity (Wildman–Crippen MR) is 107 cm³/mol. The smallest absolute Gasteiger partial charge is 0.318 e. The van der Waals surface area contributed by atoms with E-state index in [2.05, 4.69) is 41.4 Å². The highest BCUT2D eigenvalue weighted by Crippen LogP contribution is 2.28. The number of urea groups is 1. The fraction of sp³-hybridized carbons (Fsp3) is 0.650. The van der Waals surface area contributed by atoms with Crippen LogP contribution in [0, 0.1) is 0 Å². The third-order valence-electron chi connectivity index (χ3n) is 5.35. The van der Waals surface area contributed by atoms with E-state index in [4.69, 9.17) is 0 Å². The molecule has 0 bridgehead atoms. The van der Waals surface area contributed by atoms with Crippen molar-refractivity contribution in [3.05, 3.63) is 35.4 Å². The van der Waals surface area contributed by atoms with E-state index in [1.165, 1.54) is 11.1 Å². The van der Waals surface area contributed by atoms with Gasteiger partial charge >= 0.3 is 6.03 Å². The molecule has 2 aliphatic heterocycles. The monoisotopic (exact) mass is 393 g/mol. The molecule has 6 nitrogen and oxygen atoms in total. The molecule has 2 heterocycles. The van der Waals surface area contributed by atoms with Crippen LogP contribution in [-0.4, -0.2) is 66.5 Å². The zero-order chi connectivity index (χ0) is 19.8. The number of amides is 2. The summed E-state index contributed by atoms with van der Waals surface area (Å²) in [4.78, 5) is 16.7. The number of sulfone groups is 1. The van der Waals surface area contributed by atoms with Gasteiger partial charge in [0, 0.05) is 31.2 Å². The molecule has 7 heteroatoms. The number of benzene rings is 1. The Balaban J connectivity index is 1.77. The van der Waals surface area contributed by atoms with E-state index in [0.29, 0.717) is 13.1 Å². The predicted octanol–water partition coefficient (Wildman–Crippen LogP) is 2.04. The topological polar surface area (TPSA) is 69.7 Å². The number of hydrogen-bond acceptors (Lipinski definition) is 4. The first-order valence-corrected chi connectivity index (χ1v) is 11.5. The van der Waals surface area contributed by atoms with Gasteiger partial charge in [0.05, 0.1) is 17.5 Å². The summed E-state index contributed by atoms with van der Waals surface area (Å²) < 4.78 is 24.7. The van der Waals surface area contributed by atoms with Gasteiger partial charge < -0.3 is 10.2 Å². The van der Waals surface area contributed by atoms with Gasteiger partial charge in [-0.05, 0) is 38.3 Å². The molecular weight excluding hydrogens is 362 g/mol. The summed E-state index contributed by atoms with van der Waals surface area (Å²) in [7, 11) is -3.14. The number of hydrogen-bond donors (Lipinski definition) is 1. The summed E-state index contributed by atoms with van der Waals surface area (Å²) >= 11 is 0. The van der Waals surface area contributed by atoms with Crippen LogP contribution in [0.1, 0.15) is 38.8 Å². The molecule has 27 heavy (non-hydrogen) atoms. The average Bonchev–Trinajstić information content (AvgIpc) is 2.89. The van der Waals surface area contributed by atoms with Crippen molar-refractivity contribution in [1.29, 1.82) is 0 Å². The highest BCUT2D eigenvalue weighted by atomic mass is 32.2. The highest BCUT2D eigenvalue weighted by molar-refractivity contribution is 7.91. The van der Waals surface area contributed by atoms with E-state index >= 15 is 0 Å². The van der Waals surface area contributed by atoms with Crippen molar-refractivity contribution in [2.24, 2.45) is 0 Å². The number of carbonyl (C=O) groups excluding carboxylic acids is 1. The van der Waals surface area contributed by atoms with Crippen molar-refractivity contribution >= 4 is 15.9 Å². The molecule has 0 radical (unpaired) electrons. The lowest BCUT2D eigenvalue weighted by molar-refractivity contribution is 0.0585. The Hall–Kier alpha value is -1.60. The van der Waals surface area contributed by atoms with Gasteiger partial charge in [-0.2, -0.15) is 0 Å². The minimum atomic E-state index is -3.14. The molecule has 0 aromatic heterocycles.